The number of rotatable bonds is 5. The number of nitrogens with zero attached hydrogens (tertiary/aromatic N) is 3. The molecule has 0 aliphatic carbocycles. The van der Waals surface area contributed by atoms with Crippen LogP contribution in [0, 0.1) is 6.92 Å². The van der Waals surface area contributed by atoms with E-state index in [0.29, 0.717) is 13.1 Å². The van der Waals surface area contributed by atoms with Gasteiger partial charge in [-0.3, -0.25) is 9.69 Å². The fourth-order valence-corrected chi connectivity index (χ4v) is 2.77. The third kappa shape index (κ3) is 3.71. The van der Waals surface area contributed by atoms with Gasteiger partial charge in [-0.25, -0.2) is 4.98 Å². The number of H-pyrrole nitrogens is 1. The summed E-state index contributed by atoms with van der Waals surface area (Å²) in [6.07, 6.45) is 1.70. The highest BCUT2D eigenvalue weighted by Crippen LogP contribution is 2.15. The SMILES string of the molecule is COc1ccc(CN2CCN(Cc3nc[nH]c3C)CC2=O)cc1. The molecule has 0 spiro atoms. The first-order valence-corrected chi connectivity index (χ1v) is 7.77. The highest BCUT2D eigenvalue weighted by Gasteiger charge is 2.24. The van der Waals surface area contributed by atoms with E-state index in [-0.39, 0.29) is 5.91 Å². The van der Waals surface area contributed by atoms with Crippen molar-refractivity contribution in [3.05, 3.63) is 47.5 Å². The van der Waals surface area contributed by atoms with Crippen LogP contribution in [0.25, 0.3) is 0 Å². The van der Waals surface area contributed by atoms with Crippen LogP contribution in [0.3, 0.4) is 0 Å². The quantitative estimate of drug-likeness (QED) is 0.910. The van der Waals surface area contributed by atoms with Gasteiger partial charge in [0, 0.05) is 31.9 Å². The van der Waals surface area contributed by atoms with Crippen LogP contribution in [0.15, 0.2) is 30.6 Å². The number of aromatic amines is 1. The van der Waals surface area contributed by atoms with Gasteiger partial charge >= 0.3 is 0 Å². The number of piperazine rings is 1. The average Bonchev–Trinajstić information content (AvgIpc) is 2.96. The van der Waals surface area contributed by atoms with Crippen LogP contribution >= 0.6 is 0 Å². The molecule has 1 aliphatic rings. The number of ether oxygens (including phenoxy) is 1. The molecule has 2 aromatic rings. The van der Waals surface area contributed by atoms with Crippen molar-refractivity contribution in [3.63, 3.8) is 0 Å². The lowest BCUT2D eigenvalue weighted by molar-refractivity contribution is -0.136. The molecule has 0 bridgehead atoms. The monoisotopic (exact) mass is 314 g/mol. The molecular weight excluding hydrogens is 292 g/mol. The Balaban J connectivity index is 1.56. The highest BCUT2D eigenvalue weighted by atomic mass is 16.5. The van der Waals surface area contributed by atoms with Crippen LogP contribution in [0.2, 0.25) is 0 Å². The fourth-order valence-electron chi connectivity index (χ4n) is 2.77. The van der Waals surface area contributed by atoms with Crippen LogP contribution in [-0.2, 0) is 17.9 Å². The number of aryl methyl sites for hydroxylation is 1. The number of hydrogen-bond donors (Lipinski definition) is 1. The Kier molecular flexibility index (Phi) is 4.62. The molecule has 6 heteroatoms. The van der Waals surface area contributed by atoms with Crippen LogP contribution in [0.4, 0.5) is 0 Å². The van der Waals surface area contributed by atoms with Gasteiger partial charge in [0.1, 0.15) is 5.75 Å². The van der Waals surface area contributed by atoms with Gasteiger partial charge in [0.25, 0.3) is 0 Å². The molecule has 1 N–H and O–H groups in total. The van der Waals surface area contributed by atoms with E-state index < -0.39 is 0 Å². The highest BCUT2D eigenvalue weighted by molar-refractivity contribution is 5.79. The Morgan fingerprint density at radius 2 is 2.00 bits per heavy atom. The van der Waals surface area contributed by atoms with E-state index >= 15 is 0 Å². The first-order valence-electron chi connectivity index (χ1n) is 7.77. The molecule has 0 saturated carbocycles. The van der Waals surface area contributed by atoms with E-state index in [2.05, 4.69) is 14.9 Å². The van der Waals surface area contributed by atoms with Crippen molar-refractivity contribution in [2.45, 2.75) is 20.0 Å². The van der Waals surface area contributed by atoms with E-state index in [1.165, 1.54) is 0 Å². The van der Waals surface area contributed by atoms with Crippen molar-refractivity contribution in [2.75, 3.05) is 26.7 Å². The van der Waals surface area contributed by atoms with Crippen molar-refractivity contribution < 1.29 is 9.53 Å². The summed E-state index contributed by atoms with van der Waals surface area (Å²) < 4.78 is 5.16. The number of carbonyl (C=O) groups is 1. The zero-order valence-electron chi connectivity index (χ0n) is 13.6. The summed E-state index contributed by atoms with van der Waals surface area (Å²) in [6, 6.07) is 7.87. The molecule has 0 atom stereocenters. The molecule has 1 aromatic carbocycles. The van der Waals surface area contributed by atoms with Crippen LogP contribution in [0.1, 0.15) is 17.0 Å². The average molecular weight is 314 g/mol. The van der Waals surface area contributed by atoms with Gasteiger partial charge in [-0.2, -0.15) is 0 Å². The zero-order valence-corrected chi connectivity index (χ0v) is 13.6. The zero-order chi connectivity index (χ0) is 16.2. The molecule has 0 unspecified atom stereocenters. The second kappa shape index (κ2) is 6.83. The summed E-state index contributed by atoms with van der Waals surface area (Å²) >= 11 is 0. The maximum atomic E-state index is 12.4. The third-order valence-corrected chi connectivity index (χ3v) is 4.24. The molecule has 2 heterocycles. The smallest absolute Gasteiger partial charge is 0.237 e. The Morgan fingerprint density at radius 1 is 1.22 bits per heavy atom. The Hall–Kier alpha value is -2.34. The number of nitrogens with one attached hydrogen (secondary N) is 1. The van der Waals surface area contributed by atoms with Crippen molar-refractivity contribution in [1.82, 2.24) is 19.8 Å². The van der Waals surface area contributed by atoms with Crippen molar-refractivity contribution in [1.29, 1.82) is 0 Å². The third-order valence-electron chi connectivity index (χ3n) is 4.24. The Labute approximate surface area is 136 Å². The molecular formula is C17H22N4O2. The largest absolute Gasteiger partial charge is 0.497 e. The van der Waals surface area contributed by atoms with Gasteiger partial charge in [0.2, 0.25) is 5.91 Å². The lowest BCUT2D eigenvalue weighted by atomic mass is 10.2. The number of amides is 1. The Bertz CT molecular complexity index is 665. The molecule has 1 aromatic heterocycles. The van der Waals surface area contributed by atoms with Gasteiger partial charge in [-0.15, -0.1) is 0 Å². The minimum absolute atomic E-state index is 0.167. The predicted octanol–water partition coefficient (Wildman–Crippen LogP) is 1.57. The number of methoxy groups -OCH3 is 1. The first-order chi connectivity index (χ1) is 11.2. The summed E-state index contributed by atoms with van der Waals surface area (Å²) in [5.41, 5.74) is 3.20. The van der Waals surface area contributed by atoms with Crippen molar-refractivity contribution in [2.24, 2.45) is 0 Å². The second-order valence-corrected chi connectivity index (χ2v) is 5.85. The molecule has 1 fully saturated rings. The maximum absolute atomic E-state index is 12.4. The number of carbonyl (C=O) groups excluding carboxylic acids is 1. The molecule has 1 saturated heterocycles. The molecule has 6 nitrogen and oxygen atoms in total. The normalized spacial score (nSPS) is 15.9. The number of imidazole rings is 1. The topological polar surface area (TPSA) is 61.5 Å². The van der Waals surface area contributed by atoms with E-state index in [0.717, 1.165) is 42.3 Å². The minimum Gasteiger partial charge on any atom is -0.497 e. The molecule has 3 rings (SSSR count). The summed E-state index contributed by atoms with van der Waals surface area (Å²) in [7, 11) is 1.65. The molecule has 1 aliphatic heterocycles. The summed E-state index contributed by atoms with van der Waals surface area (Å²) in [5, 5.41) is 0. The maximum Gasteiger partial charge on any atom is 0.237 e. The summed E-state index contributed by atoms with van der Waals surface area (Å²) in [5.74, 6) is 1.000. The van der Waals surface area contributed by atoms with Gasteiger partial charge in [0.05, 0.1) is 25.7 Å². The van der Waals surface area contributed by atoms with E-state index in [4.69, 9.17) is 4.74 Å². The number of hydrogen-bond acceptors (Lipinski definition) is 4. The first kappa shape index (κ1) is 15.6. The van der Waals surface area contributed by atoms with Gasteiger partial charge in [-0.1, -0.05) is 12.1 Å². The van der Waals surface area contributed by atoms with Crippen molar-refractivity contribution in [3.8, 4) is 5.75 Å². The Morgan fingerprint density at radius 3 is 2.61 bits per heavy atom. The summed E-state index contributed by atoms with van der Waals surface area (Å²) in [4.78, 5) is 23.8. The molecule has 23 heavy (non-hydrogen) atoms. The molecule has 122 valence electrons. The molecule has 0 radical (unpaired) electrons. The standard InChI is InChI=1S/C17H22N4O2/c1-13-16(19-12-18-13)10-20-7-8-21(17(22)11-20)9-14-3-5-15(23-2)6-4-14/h3-6,12H,7-11H2,1-2H3,(H,18,19). The van der Waals surface area contributed by atoms with E-state index in [1.807, 2.05) is 36.1 Å². The van der Waals surface area contributed by atoms with E-state index in [1.54, 1.807) is 13.4 Å². The predicted molar refractivity (Wildman–Crippen MR) is 87.0 cm³/mol. The number of benzene rings is 1. The second-order valence-electron chi connectivity index (χ2n) is 5.85. The minimum atomic E-state index is 0.167. The van der Waals surface area contributed by atoms with Crippen molar-refractivity contribution >= 4 is 5.91 Å². The van der Waals surface area contributed by atoms with Gasteiger partial charge in [-0.05, 0) is 24.6 Å². The lowest BCUT2D eigenvalue weighted by Gasteiger charge is -2.34. The fraction of sp³-hybridized carbons (Fsp3) is 0.412. The molecule has 1 amide bonds. The summed E-state index contributed by atoms with van der Waals surface area (Å²) in [6.45, 7) is 5.44. The van der Waals surface area contributed by atoms with Gasteiger partial charge < -0.3 is 14.6 Å². The lowest BCUT2D eigenvalue weighted by Crippen LogP contribution is -2.49. The number of aromatic nitrogens is 2. The van der Waals surface area contributed by atoms with E-state index in [9.17, 15) is 4.79 Å². The van der Waals surface area contributed by atoms with Crippen LogP contribution in [-0.4, -0.2) is 52.4 Å². The van der Waals surface area contributed by atoms with Crippen LogP contribution < -0.4 is 4.74 Å². The van der Waals surface area contributed by atoms with Crippen LogP contribution in [0.5, 0.6) is 5.75 Å². The van der Waals surface area contributed by atoms with Gasteiger partial charge in [0.15, 0.2) is 0 Å².